The van der Waals surface area contributed by atoms with E-state index in [4.69, 9.17) is 4.74 Å². The molecule has 1 heterocycles. The Labute approximate surface area is 135 Å². The van der Waals surface area contributed by atoms with Gasteiger partial charge in [-0.2, -0.15) is 0 Å². The fourth-order valence-electron chi connectivity index (χ4n) is 3.62. The smallest absolute Gasteiger partial charge is 0.315 e. The fourth-order valence-corrected chi connectivity index (χ4v) is 3.62. The van der Waals surface area contributed by atoms with E-state index in [-0.39, 0.29) is 6.03 Å². The zero-order valence-corrected chi connectivity index (χ0v) is 14.3. The van der Waals surface area contributed by atoms with Crippen LogP contribution in [-0.4, -0.2) is 56.9 Å². The summed E-state index contributed by atoms with van der Waals surface area (Å²) < 4.78 is 5.68. The summed E-state index contributed by atoms with van der Waals surface area (Å²) >= 11 is 0. The van der Waals surface area contributed by atoms with Crippen molar-refractivity contribution in [2.75, 3.05) is 33.8 Å². The maximum Gasteiger partial charge on any atom is 0.315 e. The molecule has 2 N–H and O–H groups in total. The normalized spacial score (nSPS) is 29.3. The summed E-state index contributed by atoms with van der Waals surface area (Å²) in [6.07, 6.45) is 9.51. The monoisotopic (exact) mass is 311 g/mol. The zero-order chi connectivity index (χ0) is 15.8. The minimum Gasteiger partial charge on any atom is -0.378 e. The molecule has 1 aliphatic heterocycles. The highest BCUT2D eigenvalue weighted by Crippen LogP contribution is 2.24. The maximum absolute atomic E-state index is 11.9. The lowest BCUT2D eigenvalue weighted by Gasteiger charge is -2.30. The van der Waals surface area contributed by atoms with Crippen molar-refractivity contribution in [1.29, 1.82) is 0 Å². The predicted molar refractivity (Wildman–Crippen MR) is 89.0 cm³/mol. The Bertz CT molecular complexity index is 322. The van der Waals surface area contributed by atoms with Gasteiger partial charge in [-0.25, -0.2) is 4.79 Å². The molecule has 5 heteroatoms. The molecule has 0 radical (unpaired) electrons. The van der Waals surface area contributed by atoms with Gasteiger partial charge in [0.2, 0.25) is 0 Å². The van der Waals surface area contributed by atoms with Gasteiger partial charge in [0.05, 0.1) is 6.10 Å². The fraction of sp³-hybridized carbons (Fsp3) is 0.941. The first-order valence-electron chi connectivity index (χ1n) is 8.94. The van der Waals surface area contributed by atoms with Crippen molar-refractivity contribution in [3.8, 4) is 0 Å². The van der Waals surface area contributed by atoms with Crippen LogP contribution >= 0.6 is 0 Å². The van der Waals surface area contributed by atoms with Crippen LogP contribution in [-0.2, 0) is 4.74 Å². The van der Waals surface area contributed by atoms with Gasteiger partial charge in [0, 0.05) is 25.7 Å². The van der Waals surface area contributed by atoms with Gasteiger partial charge < -0.3 is 20.3 Å². The van der Waals surface area contributed by atoms with E-state index in [9.17, 15) is 4.79 Å². The number of hydrogen-bond acceptors (Lipinski definition) is 3. The molecule has 2 aliphatic rings. The van der Waals surface area contributed by atoms with E-state index in [1.807, 2.05) is 0 Å². The first-order valence-corrected chi connectivity index (χ1v) is 8.94. The van der Waals surface area contributed by atoms with Crippen molar-refractivity contribution in [2.24, 2.45) is 5.92 Å². The van der Waals surface area contributed by atoms with Gasteiger partial charge in [-0.1, -0.05) is 0 Å². The average Bonchev–Trinajstić information content (AvgIpc) is 2.50. The predicted octanol–water partition coefficient (Wildman–Crippen LogP) is 2.37. The molecule has 22 heavy (non-hydrogen) atoms. The molecule has 128 valence electrons. The van der Waals surface area contributed by atoms with Gasteiger partial charge in [0.15, 0.2) is 0 Å². The van der Waals surface area contributed by atoms with Gasteiger partial charge in [-0.3, -0.25) is 0 Å². The molecule has 1 unspecified atom stereocenters. The number of nitrogens with zero attached hydrogens (tertiary/aromatic N) is 1. The summed E-state index contributed by atoms with van der Waals surface area (Å²) in [5.74, 6) is 0.791. The molecular weight excluding hydrogens is 278 g/mol. The molecule has 0 spiro atoms. The third kappa shape index (κ3) is 6.53. The molecule has 1 atom stereocenters. The molecule has 1 saturated heterocycles. The number of hydrogen-bond donors (Lipinski definition) is 2. The molecule has 0 aromatic rings. The molecule has 5 nitrogen and oxygen atoms in total. The molecule has 1 aliphatic carbocycles. The van der Waals surface area contributed by atoms with Crippen molar-refractivity contribution in [2.45, 2.75) is 63.5 Å². The largest absolute Gasteiger partial charge is 0.378 e. The number of nitrogens with one attached hydrogen (secondary N) is 2. The molecule has 0 bridgehead atoms. The number of carbonyl (C=O) groups excluding carboxylic acids is 1. The summed E-state index contributed by atoms with van der Waals surface area (Å²) in [7, 11) is 4.27. The van der Waals surface area contributed by atoms with E-state index in [2.05, 4.69) is 29.6 Å². The maximum atomic E-state index is 11.9. The van der Waals surface area contributed by atoms with Gasteiger partial charge in [0.25, 0.3) is 0 Å². The summed E-state index contributed by atoms with van der Waals surface area (Å²) in [4.78, 5) is 14.2. The highest BCUT2D eigenvalue weighted by molar-refractivity contribution is 5.74. The number of amides is 2. The Balaban J connectivity index is 1.54. The van der Waals surface area contributed by atoms with Gasteiger partial charge in [-0.05, 0) is 71.4 Å². The van der Waals surface area contributed by atoms with Crippen molar-refractivity contribution < 1.29 is 9.53 Å². The minimum absolute atomic E-state index is 0.00753. The SMILES string of the molecule is CN(C)CC1CCC(NC(=O)NCCC2CCCCO2)CC1. The van der Waals surface area contributed by atoms with E-state index in [1.165, 1.54) is 32.2 Å². The van der Waals surface area contributed by atoms with Crippen LogP contribution in [0.1, 0.15) is 51.4 Å². The van der Waals surface area contributed by atoms with Crippen molar-refractivity contribution in [3.63, 3.8) is 0 Å². The summed E-state index contributed by atoms with van der Waals surface area (Å²) in [6, 6.07) is 0.344. The summed E-state index contributed by atoms with van der Waals surface area (Å²) in [6.45, 7) is 2.76. The van der Waals surface area contributed by atoms with Crippen LogP contribution < -0.4 is 10.6 Å². The Morgan fingerprint density at radius 1 is 1.14 bits per heavy atom. The Morgan fingerprint density at radius 3 is 2.55 bits per heavy atom. The Kier molecular flexibility index (Phi) is 7.46. The highest BCUT2D eigenvalue weighted by Gasteiger charge is 2.22. The van der Waals surface area contributed by atoms with E-state index in [1.54, 1.807) is 0 Å². The van der Waals surface area contributed by atoms with Crippen molar-refractivity contribution in [1.82, 2.24) is 15.5 Å². The molecule has 2 rings (SSSR count). The quantitative estimate of drug-likeness (QED) is 0.792. The zero-order valence-electron chi connectivity index (χ0n) is 14.3. The van der Waals surface area contributed by atoms with E-state index in [0.29, 0.717) is 18.7 Å². The van der Waals surface area contributed by atoms with E-state index < -0.39 is 0 Å². The van der Waals surface area contributed by atoms with Crippen molar-refractivity contribution in [3.05, 3.63) is 0 Å². The van der Waals surface area contributed by atoms with E-state index >= 15 is 0 Å². The topological polar surface area (TPSA) is 53.6 Å². The lowest BCUT2D eigenvalue weighted by molar-refractivity contribution is 0.0120. The first-order chi connectivity index (χ1) is 10.6. The second kappa shape index (κ2) is 9.36. The third-order valence-electron chi connectivity index (χ3n) is 4.83. The van der Waals surface area contributed by atoms with Crippen LogP contribution in [0.15, 0.2) is 0 Å². The number of rotatable bonds is 6. The molecule has 1 saturated carbocycles. The van der Waals surface area contributed by atoms with Crippen LogP contribution in [0, 0.1) is 5.92 Å². The molecule has 0 aromatic carbocycles. The second-order valence-electron chi connectivity index (χ2n) is 7.16. The van der Waals surface area contributed by atoms with Crippen LogP contribution in [0.4, 0.5) is 4.79 Å². The molecule has 2 fully saturated rings. The molecule has 0 aromatic heterocycles. The van der Waals surface area contributed by atoms with Gasteiger partial charge in [-0.15, -0.1) is 0 Å². The minimum atomic E-state index is -0.00753. The van der Waals surface area contributed by atoms with Gasteiger partial charge in [0.1, 0.15) is 0 Å². The molecule has 2 amide bonds. The van der Waals surface area contributed by atoms with Crippen LogP contribution in [0.25, 0.3) is 0 Å². The number of urea groups is 1. The Morgan fingerprint density at radius 2 is 1.91 bits per heavy atom. The lowest BCUT2D eigenvalue weighted by Crippen LogP contribution is -2.45. The van der Waals surface area contributed by atoms with Crippen LogP contribution in [0.3, 0.4) is 0 Å². The Hall–Kier alpha value is -0.810. The summed E-state index contributed by atoms with van der Waals surface area (Å²) in [5, 5.41) is 6.11. The van der Waals surface area contributed by atoms with Gasteiger partial charge >= 0.3 is 6.03 Å². The van der Waals surface area contributed by atoms with E-state index in [0.717, 1.165) is 38.2 Å². The second-order valence-corrected chi connectivity index (χ2v) is 7.16. The van der Waals surface area contributed by atoms with Crippen molar-refractivity contribution >= 4 is 6.03 Å². The number of carbonyl (C=O) groups is 1. The van der Waals surface area contributed by atoms with Crippen LogP contribution in [0.2, 0.25) is 0 Å². The average molecular weight is 311 g/mol. The summed E-state index contributed by atoms with van der Waals surface area (Å²) in [5.41, 5.74) is 0. The number of ether oxygens (including phenoxy) is 1. The molecular formula is C17H33N3O2. The third-order valence-corrected chi connectivity index (χ3v) is 4.83. The standard InChI is InChI=1S/C17H33N3O2/c1-20(2)13-14-6-8-15(9-7-14)19-17(21)18-11-10-16-5-3-4-12-22-16/h14-16H,3-13H2,1-2H3,(H2,18,19,21). The highest BCUT2D eigenvalue weighted by atomic mass is 16.5. The lowest BCUT2D eigenvalue weighted by atomic mass is 9.86. The van der Waals surface area contributed by atoms with Crippen LogP contribution in [0.5, 0.6) is 0 Å². The first kappa shape index (κ1) is 17.5.